The largest absolute Gasteiger partial charge is 0.340 e. The van der Waals surface area contributed by atoms with E-state index < -0.39 is 28.1 Å². The van der Waals surface area contributed by atoms with Crippen LogP contribution >= 0.6 is 0 Å². The fraction of sp³-hybridized carbons (Fsp3) is 0.461. The second kappa shape index (κ2) is 40.2. The molecule has 6 fully saturated rings. The van der Waals surface area contributed by atoms with Crippen LogP contribution in [0.2, 0.25) is 0 Å². The van der Waals surface area contributed by atoms with E-state index in [0.29, 0.717) is 111 Å². The molecule has 0 spiro atoms. The quantitative estimate of drug-likeness (QED) is 0.0225. The number of likely N-dealkylation sites (N-methyl/N-ethyl adjacent to an activating group) is 3. The predicted molar refractivity (Wildman–Crippen MR) is 449 cm³/mol. The van der Waals surface area contributed by atoms with Crippen molar-refractivity contribution in [3.63, 3.8) is 0 Å². The predicted octanol–water partition coefficient (Wildman–Crippen LogP) is 8.00. The number of carbonyl (C=O) groups is 6. The molecule has 8 aromatic rings. The smallest absolute Gasteiger partial charge is 0.251 e. The lowest BCUT2D eigenvalue weighted by atomic mass is 10.1. The van der Waals surface area contributed by atoms with Crippen molar-refractivity contribution < 1.29 is 37.2 Å². The van der Waals surface area contributed by atoms with E-state index in [1.807, 2.05) is 75.1 Å². The average Bonchev–Trinajstić information content (AvgIpc) is 1.69. The van der Waals surface area contributed by atoms with Gasteiger partial charge in [0.25, 0.3) is 17.7 Å². The van der Waals surface area contributed by atoms with Crippen molar-refractivity contribution in [2.75, 3.05) is 133 Å². The minimum absolute atomic E-state index is 0.00719. The maximum Gasteiger partial charge on any atom is 0.251 e. The zero-order chi connectivity index (χ0) is 81.1. The molecule has 0 radical (unpaired) electrons. The van der Waals surface area contributed by atoms with Gasteiger partial charge < -0.3 is 65.9 Å². The third kappa shape index (κ3) is 24.0. The number of aryl methyl sites for hydroxylation is 3. The standard InChI is InChI=1S/C31H39N5O2.C29H37N7O2.C29H41N5O4S/c1-23-7-9-24(10-8-23)27-22-29(27)32-15-5-6-28(31(38)36-20-18-34(2)19-21-36)33-30(37)25-11-13-26(14-12-25)35-16-3-4-17-35;1-21-5-7-22(8-6-21)25-20-27(25)30-13-3-4-26(29(38)35-18-16-34(2)17-19-35)33-28(37)23-9-11-24(12-10-23)36-31-14-15-32-36;1-21-7-9-22(10-8-21)25-20-27(25)30-15-5-6-26(29(36)34-18-16-33(4)17-19-34)31-28(35)23-11-13-24(14-12-23)39(37,38)32(2)3/h3-4,7-14,16-17,27-29,32H,5-6,15,18-22H2,1-2H3,(H,33,37);5-12,14-15,25-27,30H,3-4,13,16-20H2,1-2H3,(H,33,37);7-14,25-27,30H,5-6,15-20H2,1-4H3,(H,31,35)/t27-,28-,29+;2*25-,26-,27+/m000/s1. The van der Waals surface area contributed by atoms with Crippen LogP contribution in [0.4, 0.5) is 0 Å². The molecule has 6 aliphatic rings. The van der Waals surface area contributed by atoms with Gasteiger partial charge in [-0.2, -0.15) is 15.0 Å². The van der Waals surface area contributed by atoms with Gasteiger partial charge >= 0.3 is 0 Å². The lowest BCUT2D eigenvalue weighted by Gasteiger charge is -2.34. The maximum atomic E-state index is 13.5. The molecule has 25 nitrogen and oxygen atoms in total. The van der Waals surface area contributed by atoms with Gasteiger partial charge in [-0.25, -0.2) is 12.7 Å². The highest BCUT2D eigenvalue weighted by molar-refractivity contribution is 7.89. The number of carbonyl (C=O) groups excluding carboxylic acids is 6. The first-order valence-electron chi connectivity index (χ1n) is 41.0. The summed E-state index contributed by atoms with van der Waals surface area (Å²) in [6.07, 6.45) is 14.7. The van der Waals surface area contributed by atoms with Crippen LogP contribution in [0.3, 0.4) is 0 Å². The Balaban J connectivity index is 0.000000159. The number of sulfonamides is 1. The summed E-state index contributed by atoms with van der Waals surface area (Å²) in [5.41, 5.74) is 11.1. The monoisotopic (exact) mass is 1580 g/mol. The van der Waals surface area contributed by atoms with E-state index in [1.54, 1.807) is 36.7 Å². The second-order valence-corrected chi connectivity index (χ2v) is 34.3. The summed E-state index contributed by atoms with van der Waals surface area (Å²) in [4.78, 5) is 93.6. The highest BCUT2D eigenvalue weighted by Gasteiger charge is 2.41. The van der Waals surface area contributed by atoms with Gasteiger partial charge in [0.1, 0.15) is 18.1 Å². The Hall–Kier alpha value is -9.77. The van der Waals surface area contributed by atoms with Crippen LogP contribution in [0.5, 0.6) is 0 Å². The van der Waals surface area contributed by atoms with E-state index in [2.05, 4.69) is 164 Å². The highest BCUT2D eigenvalue weighted by atomic mass is 32.2. The van der Waals surface area contributed by atoms with Crippen LogP contribution in [-0.2, 0) is 24.4 Å². The number of benzene rings is 6. The Morgan fingerprint density at radius 2 is 0.704 bits per heavy atom. The molecule has 6 aromatic carbocycles. The minimum Gasteiger partial charge on any atom is -0.340 e. The Labute approximate surface area is 679 Å². The number of hydrogen-bond donors (Lipinski definition) is 6. The molecule has 9 atom stereocenters. The summed E-state index contributed by atoms with van der Waals surface area (Å²) >= 11 is 0. The maximum absolute atomic E-state index is 13.5. The molecular weight excluding hydrogens is 1470 g/mol. The van der Waals surface area contributed by atoms with E-state index in [1.165, 1.54) is 76.5 Å². The summed E-state index contributed by atoms with van der Waals surface area (Å²) in [6, 6.07) is 50.4. The minimum atomic E-state index is -3.59. The van der Waals surface area contributed by atoms with Gasteiger partial charge in [0.15, 0.2) is 0 Å². The number of hydrogen-bond acceptors (Lipinski definition) is 16. The molecule has 3 aliphatic carbocycles. The molecule has 3 saturated carbocycles. The van der Waals surface area contributed by atoms with Gasteiger partial charge in [0, 0.05) is 163 Å². The van der Waals surface area contributed by atoms with Crippen LogP contribution < -0.4 is 31.9 Å². The van der Waals surface area contributed by atoms with E-state index in [4.69, 9.17) is 0 Å². The first-order chi connectivity index (χ1) is 55.5. The molecule has 612 valence electrons. The summed E-state index contributed by atoms with van der Waals surface area (Å²) in [5.74, 6) is 0.821. The molecule has 2 aromatic heterocycles. The van der Waals surface area contributed by atoms with Crippen molar-refractivity contribution in [1.29, 1.82) is 0 Å². The third-order valence-corrected chi connectivity index (χ3v) is 24.9. The Kier molecular flexibility index (Phi) is 29.6. The van der Waals surface area contributed by atoms with E-state index in [0.717, 1.165) is 113 Å². The Morgan fingerprint density at radius 1 is 0.409 bits per heavy atom. The number of nitrogens with one attached hydrogen (secondary N) is 6. The first kappa shape index (κ1) is 84.6. The second-order valence-electron chi connectivity index (χ2n) is 32.1. The van der Waals surface area contributed by atoms with Crippen LogP contribution in [0.15, 0.2) is 187 Å². The van der Waals surface area contributed by atoms with Crippen molar-refractivity contribution in [2.45, 2.75) is 137 Å². The molecule has 115 heavy (non-hydrogen) atoms. The fourth-order valence-electron chi connectivity index (χ4n) is 15.2. The molecule has 0 bridgehead atoms. The Morgan fingerprint density at radius 3 is 1.01 bits per heavy atom. The molecular formula is C89H117N17O8S. The highest BCUT2D eigenvalue weighted by Crippen LogP contribution is 2.43. The lowest BCUT2D eigenvalue weighted by molar-refractivity contribution is -0.135. The van der Waals surface area contributed by atoms with Crippen LogP contribution in [-0.4, -0.2) is 267 Å². The number of nitrogens with zero attached hydrogens (tertiary/aromatic N) is 11. The average molecular weight is 1590 g/mol. The molecule has 5 heterocycles. The summed E-state index contributed by atoms with van der Waals surface area (Å²) in [7, 11) is 5.52. The SMILES string of the molecule is Cc1ccc([C@@H]2C[C@H]2NCCC[C@H](NC(=O)c2ccc(-n3cccc3)cc2)C(=O)N2CCN(C)CC2)cc1.Cc1ccc([C@@H]2C[C@H]2NCCC[C@H](NC(=O)c2ccc(-n3nccn3)cc2)C(=O)N2CCN(C)CC2)cc1.Cc1ccc([C@@H]2C[C@H]2NCCC[C@H](NC(=O)c2ccc(S(=O)(=O)N(C)C)cc2)C(=O)N2CCN(C)CC2)cc1. The van der Waals surface area contributed by atoms with Crippen molar-refractivity contribution in [1.82, 2.24) is 85.2 Å². The van der Waals surface area contributed by atoms with Gasteiger partial charge in [0.05, 0.1) is 23.0 Å². The summed E-state index contributed by atoms with van der Waals surface area (Å²) in [6.45, 7) is 17.8. The fourth-order valence-corrected chi connectivity index (χ4v) is 16.1. The number of piperazine rings is 3. The normalized spacial score (nSPS) is 20.3. The topological polar surface area (TPSA) is 267 Å². The van der Waals surface area contributed by atoms with Crippen LogP contribution in [0.1, 0.15) is 140 Å². The molecule has 0 unspecified atom stereocenters. The van der Waals surface area contributed by atoms with Crippen molar-refractivity contribution in [3.05, 3.63) is 233 Å². The third-order valence-electron chi connectivity index (χ3n) is 23.1. The lowest BCUT2D eigenvalue weighted by Crippen LogP contribution is -2.54. The van der Waals surface area contributed by atoms with E-state index >= 15 is 0 Å². The van der Waals surface area contributed by atoms with Gasteiger partial charge in [-0.15, -0.1) is 0 Å². The summed E-state index contributed by atoms with van der Waals surface area (Å²) in [5, 5.41) is 28.2. The van der Waals surface area contributed by atoms with Gasteiger partial charge in [0.2, 0.25) is 27.7 Å². The van der Waals surface area contributed by atoms with Crippen LogP contribution in [0, 0.1) is 20.8 Å². The summed E-state index contributed by atoms with van der Waals surface area (Å²) < 4.78 is 27.8. The molecule has 3 aliphatic heterocycles. The zero-order valence-electron chi connectivity index (χ0n) is 68.1. The molecule has 6 N–H and O–H groups in total. The molecule has 3 saturated heterocycles. The van der Waals surface area contributed by atoms with Crippen molar-refractivity contribution in [2.24, 2.45) is 0 Å². The first-order valence-corrected chi connectivity index (χ1v) is 42.4. The molecule has 26 heteroatoms. The number of rotatable bonds is 31. The number of aromatic nitrogens is 4. The van der Waals surface area contributed by atoms with E-state index in [-0.39, 0.29) is 40.3 Å². The van der Waals surface area contributed by atoms with Crippen molar-refractivity contribution >= 4 is 45.5 Å². The zero-order valence-corrected chi connectivity index (χ0v) is 68.9. The van der Waals surface area contributed by atoms with Gasteiger partial charge in [-0.3, -0.25) is 28.8 Å². The van der Waals surface area contributed by atoms with Gasteiger partial charge in [-0.1, -0.05) is 89.5 Å². The van der Waals surface area contributed by atoms with Gasteiger partial charge in [-0.05, 0) is 221 Å². The van der Waals surface area contributed by atoms with Crippen molar-refractivity contribution in [3.8, 4) is 11.4 Å². The Bertz CT molecular complexity index is 4370. The molecule has 14 rings (SSSR count). The van der Waals surface area contributed by atoms with Crippen LogP contribution in [0.25, 0.3) is 11.4 Å². The van der Waals surface area contributed by atoms with E-state index in [9.17, 15) is 37.2 Å². The molecule has 6 amide bonds. The number of amides is 6.